The molecule has 1 aromatic heterocycles. The fourth-order valence-corrected chi connectivity index (χ4v) is 3.68. The van der Waals surface area contributed by atoms with Crippen LogP contribution in [0.1, 0.15) is 16.9 Å². The molecule has 2 aliphatic heterocycles. The number of likely N-dealkylation sites (tertiary alicyclic amines) is 2. The van der Waals surface area contributed by atoms with Crippen LogP contribution in [0.15, 0.2) is 42.9 Å². The Morgan fingerprint density at radius 2 is 1.84 bits per heavy atom. The number of hydrogen-bond donors (Lipinski definition) is 1. The second-order valence-corrected chi connectivity index (χ2v) is 7.05. The molecule has 7 nitrogen and oxygen atoms in total. The second kappa shape index (κ2) is 5.91. The van der Waals surface area contributed by atoms with Gasteiger partial charge >= 0.3 is 6.03 Å². The minimum Gasteiger partial charge on any atom is -0.340 e. The number of imidazole rings is 1. The van der Waals surface area contributed by atoms with Gasteiger partial charge in [0.05, 0.1) is 6.33 Å². The number of para-hydroxylation sites is 1. The number of amides is 3. The normalized spacial score (nSPS) is 18.3. The van der Waals surface area contributed by atoms with E-state index in [0.717, 1.165) is 18.7 Å². The van der Waals surface area contributed by atoms with E-state index in [0.29, 0.717) is 25.3 Å². The number of carbonyl (C=O) groups is 2. The van der Waals surface area contributed by atoms with Gasteiger partial charge in [-0.25, -0.2) is 9.78 Å². The zero-order valence-corrected chi connectivity index (χ0v) is 14.2. The van der Waals surface area contributed by atoms with Crippen LogP contribution >= 0.6 is 0 Å². The van der Waals surface area contributed by atoms with Crippen molar-refractivity contribution in [1.29, 1.82) is 0 Å². The van der Waals surface area contributed by atoms with Crippen LogP contribution < -0.4 is 5.32 Å². The van der Waals surface area contributed by atoms with Crippen molar-refractivity contribution in [2.75, 3.05) is 31.5 Å². The molecule has 4 rings (SSSR count). The van der Waals surface area contributed by atoms with E-state index in [9.17, 15) is 9.59 Å². The Labute approximate surface area is 146 Å². The van der Waals surface area contributed by atoms with E-state index >= 15 is 0 Å². The SMILES string of the molecule is Cn1cnc(C(=O)N2CC3(CCN(C(=O)Nc4ccccc4)C3)C2)c1. The molecule has 0 aliphatic carbocycles. The third-order valence-electron chi connectivity index (χ3n) is 5.01. The molecular formula is C18H21N5O2. The minimum absolute atomic E-state index is 0.0292. The number of aryl methyl sites for hydroxylation is 1. The first kappa shape index (κ1) is 15.7. The molecule has 0 radical (unpaired) electrons. The molecule has 7 heteroatoms. The molecule has 3 heterocycles. The topological polar surface area (TPSA) is 70.5 Å². The van der Waals surface area contributed by atoms with Crippen molar-refractivity contribution < 1.29 is 9.59 Å². The van der Waals surface area contributed by atoms with Gasteiger partial charge in [-0.05, 0) is 18.6 Å². The average Bonchev–Trinajstić information content (AvgIpc) is 3.20. The highest BCUT2D eigenvalue weighted by Gasteiger charge is 2.50. The standard InChI is InChI=1S/C18H21N5O2/c1-21-9-15(19-13-21)16(24)23-11-18(12-23)7-8-22(10-18)17(25)20-14-5-3-2-4-6-14/h2-6,9,13H,7-8,10-12H2,1H3,(H,20,25). The van der Waals surface area contributed by atoms with Crippen LogP contribution in [0.3, 0.4) is 0 Å². The van der Waals surface area contributed by atoms with Gasteiger partial charge in [0.2, 0.25) is 0 Å². The monoisotopic (exact) mass is 339 g/mol. The van der Waals surface area contributed by atoms with E-state index in [1.54, 1.807) is 17.1 Å². The summed E-state index contributed by atoms with van der Waals surface area (Å²) in [7, 11) is 1.85. The number of benzene rings is 1. The predicted octanol–water partition coefficient (Wildman–Crippen LogP) is 1.80. The fraction of sp³-hybridized carbons (Fsp3) is 0.389. The number of urea groups is 1. The molecule has 25 heavy (non-hydrogen) atoms. The Kier molecular flexibility index (Phi) is 3.71. The smallest absolute Gasteiger partial charge is 0.321 e. The van der Waals surface area contributed by atoms with Crippen LogP contribution in [0.2, 0.25) is 0 Å². The van der Waals surface area contributed by atoms with Crippen molar-refractivity contribution in [1.82, 2.24) is 19.4 Å². The molecule has 3 amide bonds. The summed E-state index contributed by atoms with van der Waals surface area (Å²) in [6, 6.07) is 9.39. The van der Waals surface area contributed by atoms with Gasteiger partial charge < -0.3 is 19.7 Å². The van der Waals surface area contributed by atoms with Crippen LogP contribution in [0.25, 0.3) is 0 Å². The number of nitrogens with zero attached hydrogens (tertiary/aromatic N) is 4. The maximum Gasteiger partial charge on any atom is 0.321 e. The van der Waals surface area contributed by atoms with E-state index in [4.69, 9.17) is 0 Å². The maximum atomic E-state index is 12.4. The van der Waals surface area contributed by atoms with E-state index in [-0.39, 0.29) is 17.4 Å². The molecule has 130 valence electrons. The third-order valence-corrected chi connectivity index (χ3v) is 5.01. The lowest BCUT2D eigenvalue weighted by molar-refractivity contribution is 0.0121. The largest absolute Gasteiger partial charge is 0.340 e. The Morgan fingerprint density at radius 3 is 2.52 bits per heavy atom. The van der Waals surface area contributed by atoms with Crippen molar-refractivity contribution in [3.8, 4) is 0 Å². The summed E-state index contributed by atoms with van der Waals surface area (Å²) in [5.41, 5.74) is 1.32. The Hall–Kier alpha value is -2.83. The molecule has 2 fully saturated rings. The van der Waals surface area contributed by atoms with Crippen LogP contribution in [0, 0.1) is 5.41 Å². The van der Waals surface area contributed by atoms with Crippen molar-refractivity contribution in [3.05, 3.63) is 48.5 Å². The van der Waals surface area contributed by atoms with Crippen molar-refractivity contribution in [2.45, 2.75) is 6.42 Å². The molecule has 0 atom stereocenters. The molecule has 0 bridgehead atoms. The van der Waals surface area contributed by atoms with E-state index < -0.39 is 0 Å². The molecular weight excluding hydrogens is 318 g/mol. The number of rotatable bonds is 2. The van der Waals surface area contributed by atoms with Crippen LogP contribution in [-0.2, 0) is 7.05 Å². The van der Waals surface area contributed by atoms with Crippen molar-refractivity contribution >= 4 is 17.6 Å². The molecule has 2 saturated heterocycles. The first-order chi connectivity index (χ1) is 12.0. The maximum absolute atomic E-state index is 12.4. The highest BCUT2D eigenvalue weighted by molar-refractivity contribution is 5.93. The summed E-state index contributed by atoms with van der Waals surface area (Å²) < 4.78 is 1.77. The summed E-state index contributed by atoms with van der Waals surface area (Å²) in [5, 5.41) is 2.93. The van der Waals surface area contributed by atoms with Gasteiger partial charge in [-0.2, -0.15) is 0 Å². The van der Waals surface area contributed by atoms with Gasteiger partial charge in [0.25, 0.3) is 5.91 Å². The van der Waals surface area contributed by atoms with Crippen molar-refractivity contribution in [3.63, 3.8) is 0 Å². The first-order valence-electron chi connectivity index (χ1n) is 8.43. The summed E-state index contributed by atoms with van der Waals surface area (Å²) >= 11 is 0. The molecule has 1 spiro atoms. The van der Waals surface area contributed by atoms with Gasteiger partial charge in [0.1, 0.15) is 5.69 Å². The zero-order chi connectivity index (χ0) is 17.4. The minimum atomic E-state index is -0.0717. The van der Waals surface area contributed by atoms with Gasteiger partial charge in [-0.1, -0.05) is 18.2 Å². The quantitative estimate of drug-likeness (QED) is 0.907. The first-order valence-corrected chi connectivity index (χ1v) is 8.43. The van der Waals surface area contributed by atoms with Gasteiger partial charge in [-0.15, -0.1) is 0 Å². The average molecular weight is 339 g/mol. The molecule has 1 N–H and O–H groups in total. The lowest BCUT2D eigenvalue weighted by atomic mass is 9.79. The molecule has 2 aliphatic rings. The third kappa shape index (κ3) is 2.97. The van der Waals surface area contributed by atoms with E-state index in [2.05, 4.69) is 10.3 Å². The Balaban J connectivity index is 1.33. The summed E-state index contributed by atoms with van der Waals surface area (Å²) in [4.78, 5) is 32.6. The summed E-state index contributed by atoms with van der Waals surface area (Å²) in [6.07, 6.45) is 4.30. The molecule has 2 aromatic rings. The van der Waals surface area contributed by atoms with Crippen LogP contribution in [0.5, 0.6) is 0 Å². The second-order valence-electron chi connectivity index (χ2n) is 7.05. The summed E-state index contributed by atoms with van der Waals surface area (Å²) in [6.45, 7) is 2.80. The van der Waals surface area contributed by atoms with Crippen LogP contribution in [0.4, 0.5) is 10.5 Å². The zero-order valence-electron chi connectivity index (χ0n) is 14.2. The van der Waals surface area contributed by atoms with Gasteiger partial charge in [0.15, 0.2) is 0 Å². The van der Waals surface area contributed by atoms with Gasteiger partial charge in [-0.3, -0.25) is 4.79 Å². The predicted molar refractivity (Wildman–Crippen MR) is 93.2 cm³/mol. The summed E-state index contributed by atoms with van der Waals surface area (Å²) in [5.74, 6) is -0.0292. The van der Waals surface area contributed by atoms with Crippen molar-refractivity contribution in [2.24, 2.45) is 12.5 Å². The lowest BCUT2D eigenvalue weighted by Crippen LogP contribution is -2.59. The fourth-order valence-electron chi connectivity index (χ4n) is 3.68. The highest BCUT2D eigenvalue weighted by Crippen LogP contribution is 2.40. The number of anilines is 1. The lowest BCUT2D eigenvalue weighted by Gasteiger charge is -2.47. The number of carbonyl (C=O) groups excluding carboxylic acids is 2. The van der Waals surface area contributed by atoms with Gasteiger partial charge in [0, 0.05) is 50.5 Å². The molecule has 0 saturated carbocycles. The number of aromatic nitrogens is 2. The van der Waals surface area contributed by atoms with E-state index in [1.165, 1.54) is 0 Å². The Bertz CT molecular complexity index is 795. The van der Waals surface area contributed by atoms with Crippen LogP contribution in [-0.4, -0.2) is 57.5 Å². The molecule has 1 aromatic carbocycles. The number of hydrogen-bond acceptors (Lipinski definition) is 3. The number of nitrogens with one attached hydrogen (secondary N) is 1. The molecule has 0 unspecified atom stereocenters. The van der Waals surface area contributed by atoms with E-state index in [1.807, 2.05) is 47.2 Å². The highest BCUT2D eigenvalue weighted by atomic mass is 16.2. The Morgan fingerprint density at radius 1 is 1.12 bits per heavy atom.